The van der Waals surface area contributed by atoms with Crippen LogP contribution in [0.4, 0.5) is 13.2 Å². The normalized spacial score (nSPS) is 19.7. The van der Waals surface area contributed by atoms with Crippen LogP contribution in [0.2, 0.25) is 0 Å². The zero-order chi connectivity index (χ0) is 17.3. The molecule has 2 rings (SSSR count). The third-order valence-electron chi connectivity index (χ3n) is 3.54. The highest BCUT2D eigenvalue weighted by molar-refractivity contribution is 7.88. The zero-order valence-electron chi connectivity index (χ0n) is 12.3. The van der Waals surface area contributed by atoms with E-state index in [0.717, 1.165) is 22.7 Å². The first-order chi connectivity index (χ1) is 10.6. The summed E-state index contributed by atoms with van der Waals surface area (Å²) in [4.78, 5) is 12.0. The Labute approximate surface area is 132 Å². The predicted octanol–water partition coefficient (Wildman–Crippen LogP) is 2.17. The predicted molar refractivity (Wildman–Crippen MR) is 75.8 cm³/mol. The molecule has 1 fully saturated rings. The van der Waals surface area contributed by atoms with E-state index in [0.29, 0.717) is 12.8 Å². The number of carbonyl (C=O) groups is 1. The highest BCUT2D eigenvalue weighted by Gasteiger charge is 2.37. The van der Waals surface area contributed by atoms with E-state index in [1.807, 2.05) is 0 Å². The van der Waals surface area contributed by atoms with Crippen LogP contribution < -0.4 is 0 Å². The summed E-state index contributed by atoms with van der Waals surface area (Å²) >= 11 is 0. The van der Waals surface area contributed by atoms with E-state index in [4.69, 9.17) is 4.74 Å². The summed E-state index contributed by atoms with van der Waals surface area (Å²) in [6, 6.07) is 3.55. The van der Waals surface area contributed by atoms with E-state index < -0.39 is 33.8 Å². The topological polar surface area (TPSA) is 63.7 Å². The molecule has 1 heterocycles. The van der Waals surface area contributed by atoms with E-state index in [1.54, 1.807) is 0 Å². The Kier molecular flexibility index (Phi) is 5.00. The van der Waals surface area contributed by atoms with Crippen molar-refractivity contribution in [3.05, 3.63) is 35.4 Å². The number of halogens is 3. The van der Waals surface area contributed by atoms with E-state index in [2.05, 4.69) is 0 Å². The van der Waals surface area contributed by atoms with Gasteiger partial charge in [-0.2, -0.15) is 17.5 Å². The molecule has 0 aliphatic carbocycles. The molecule has 0 unspecified atom stereocenters. The third kappa shape index (κ3) is 4.44. The Bertz CT molecular complexity index is 688. The van der Waals surface area contributed by atoms with Gasteiger partial charge >= 0.3 is 12.1 Å². The quantitative estimate of drug-likeness (QED) is 0.780. The summed E-state index contributed by atoms with van der Waals surface area (Å²) in [6.07, 6.45) is -2.59. The summed E-state index contributed by atoms with van der Waals surface area (Å²) in [5.74, 6) is -0.745. The maximum Gasteiger partial charge on any atom is 0.416 e. The summed E-state index contributed by atoms with van der Waals surface area (Å²) in [5, 5.41) is 0. The Hall–Kier alpha value is -1.61. The van der Waals surface area contributed by atoms with Crippen LogP contribution in [0, 0.1) is 0 Å². The molecule has 0 aromatic heterocycles. The second kappa shape index (κ2) is 6.48. The summed E-state index contributed by atoms with van der Waals surface area (Å²) in [7, 11) is -3.52. The fraction of sp³-hybridized carbons (Fsp3) is 0.500. The van der Waals surface area contributed by atoms with Crippen LogP contribution in [-0.2, 0) is 32.3 Å². The van der Waals surface area contributed by atoms with Gasteiger partial charge in [-0.15, -0.1) is 0 Å². The lowest BCUT2D eigenvalue weighted by molar-refractivity contribution is -0.148. The first-order valence-corrected chi connectivity index (χ1v) is 8.73. The number of hydrogen-bond acceptors (Lipinski definition) is 4. The molecule has 0 spiro atoms. The van der Waals surface area contributed by atoms with Gasteiger partial charge in [0.15, 0.2) is 0 Å². The molecule has 0 radical (unpaired) electrons. The number of ether oxygens (including phenoxy) is 1. The fourth-order valence-electron chi connectivity index (χ4n) is 2.46. The van der Waals surface area contributed by atoms with Crippen molar-refractivity contribution in [3.63, 3.8) is 0 Å². The standard InChI is InChI=1S/C14H16F3NO4S/c1-23(20,21)18-7-3-6-12(18)13(19)22-9-10-4-2-5-11(8-10)14(15,16)17/h2,4-5,8,12H,3,6-7,9H2,1H3/t12-/m0/s1. The molecule has 1 atom stereocenters. The zero-order valence-corrected chi connectivity index (χ0v) is 13.2. The number of carbonyl (C=O) groups excluding carboxylic acids is 1. The molecule has 1 aliphatic heterocycles. The molecule has 0 saturated carbocycles. The fourth-order valence-corrected chi connectivity index (χ4v) is 3.58. The van der Waals surface area contributed by atoms with Gasteiger partial charge in [-0.25, -0.2) is 8.42 Å². The van der Waals surface area contributed by atoms with Gasteiger partial charge in [0, 0.05) is 6.54 Å². The van der Waals surface area contributed by atoms with Crippen LogP contribution in [0.3, 0.4) is 0 Å². The minimum atomic E-state index is -4.47. The van der Waals surface area contributed by atoms with Crippen molar-refractivity contribution in [2.24, 2.45) is 0 Å². The molecule has 9 heteroatoms. The van der Waals surface area contributed by atoms with Crippen LogP contribution >= 0.6 is 0 Å². The van der Waals surface area contributed by atoms with Crippen LogP contribution in [-0.4, -0.2) is 37.5 Å². The maximum absolute atomic E-state index is 12.6. The number of benzene rings is 1. The molecule has 1 saturated heterocycles. The van der Waals surface area contributed by atoms with E-state index >= 15 is 0 Å². The molecule has 0 bridgehead atoms. The third-order valence-corrected chi connectivity index (χ3v) is 4.83. The van der Waals surface area contributed by atoms with Crippen molar-refractivity contribution < 1.29 is 31.1 Å². The van der Waals surface area contributed by atoms with Crippen LogP contribution in [0.15, 0.2) is 24.3 Å². The van der Waals surface area contributed by atoms with Gasteiger partial charge in [-0.1, -0.05) is 12.1 Å². The summed E-state index contributed by atoms with van der Waals surface area (Å²) in [5.41, 5.74) is -0.637. The number of sulfonamides is 1. The van der Waals surface area contributed by atoms with Gasteiger partial charge in [0.05, 0.1) is 11.8 Å². The van der Waals surface area contributed by atoms with Gasteiger partial charge in [-0.3, -0.25) is 4.79 Å². The lowest BCUT2D eigenvalue weighted by atomic mass is 10.1. The number of hydrogen-bond donors (Lipinski definition) is 0. The average molecular weight is 351 g/mol. The van der Waals surface area contributed by atoms with Crippen LogP contribution in [0.25, 0.3) is 0 Å². The van der Waals surface area contributed by atoms with Gasteiger partial charge in [0.2, 0.25) is 10.0 Å². The molecule has 1 aromatic rings. The minimum absolute atomic E-state index is 0.192. The SMILES string of the molecule is CS(=O)(=O)N1CCC[C@H]1C(=O)OCc1cccc(C(F)(F)F)c1. The number of rotatable bonds is 4. The largest absolute Gasteiger partial charge is 0.460 e. The number of nitrogens with zero attached hydrogens (tertiary/aromatic N) is 1. The van der Waals surface area contributed by atoms with Crippen molar-refractivity contribution in [2.45, 2.75) is 31.7 Å². The van der Waals surface area contributed by atoms with Gasteiger partial charge in [-0.05, 0) is 30.5 Å². The second-order valence-electron chi connectivity index (χ2n) is 5.34. The van der Waals surface area contributed by atoms with Gasteiger partial charge in [0.25, 0.3) is 0 Å². The highest BCUT2D eigenvalue weighted by Crippen LogP contribution is 2.29. The van der Waals surface area contributed by atoms with Crippen molar-refractivity contribution >= 4 is 16.0 Å². The Morgan fingerprint density at radius 1 is 1.39 bits per heavy atom. The molecule has 1 aromatic carbocycles. The lowest BCUT2D eigenvalue weighted by Gasteiger charge is -2.20. The van der Waals surface area contributed by atoms with Crippen LogP contribution in [0.5, 0.6) is 0 Å². The van der Waals surface area contributed by atoms with E-state index in [9.17, 15) is 26.4 Å². The average Bonchev–Trinajstić information content (AvgIpc) is 2.94. The molecule has 23 heavy (non-hydrogen) atoms. The maximum atomic E-state index is 12.6. The smallest absolute Gasteiger partial charge is 0.416 e. The van der Waals surface area contributed by atoms with Crippen LogP contribution in [0.1, 0.15) is 24.0 Å². The Balaban J connectivity index is 2.02. The summed E-state index contributed by atoms with van der Waals surface area (Å²) in [6.45, 7) is -0.0982. The molecule has 0 amide bonds. The molecular formula is C14H16F3NO4S. The Morgan fingerprint density at radius 2 is 2.09 bits per heavy atom. The molecule has 0 N–H and O–H groups in total. The van der Waals surface area contributed by atoms with Crippen molar-refractivity contribution in [3.8, 4) is 0 Å². The van der Waals surface area contributed by atoms with E-state index in [1.165, 1.54) is 12.1 Å². The van der Waals surface area contributed by atoms with Crippen molar-refractivity contribution in [1.82, 2.24) is 4.31 Å². The minimum Gasteiger partial charge on any atom is -0.460 e. The molecule has 5 nitrogen and oxygen atoms in total. The van der Waals surface area contributed by atoms with E-state index in [-0.39, 0.29) is 18.7 Å². The van der Waals surface area contributed by atoms with Crippen molar-refractivity contribution in [1.29, 1.82) is 0 Å². The second-order valence-corrected chi connectivity index (χ2v) is 7.27. The van der Waals surface area contributed by atoms with Gasteiger partial charge < -0.3 is 4.74 Å². The monoisotopic (exact) mass is 351 g/mol. The first kappa shape index (κ1) is 17.7. The Morgan fingerprint density at radius 3 is 2.70 bits per heavy atom. The molecular weight excluding hydrogens is 335 g/mol. The number of esters is 1. The summed E-state index contributed by atoms with van der Waals surface area (Å²) < 4.78 is 67.0. The first-order valence-electron chi connectivity index (χ1n) is 6.88. The molecule has 1 aliphatic rings. The number of alkyl halides is 3. The molecule has 128 valence electrons. The van der Waals surface area contributed by atoms with Crippen molar-refractivity contribution in [2.75, 3.05) is 12.8 Å². The lowest BCUT2D eigenvalue weighted by Crippen LogP contribution is -2.40. The van der Waals surface area contributed by atoms with Gasteiger partial charge in [0.1, 0.15) is 12.6 Å². The highest BCUT2D eigenvalue weighted by atomic mass is 32.2.